The van der Waals surface area contributed by atoms with Crippen LogP contribution in [0.4, 0.5) is 16.2 Å². The van der Waals surface area contributed by atoms with Gasteiger partial charge >= 0.3 is 7.82 Å². The van der Waals surface area contributed by atoms with Crippen molar-refractivity contribution in [1.29, 1.82) is 0 Å². The molecule has 3 aliphatic heterocycles. The van der Waals surface area contributed by atoms with Crippen LogP contribution < -0.4 is 22.3 Å². The predicted molar refractivity (Wildman–Crippen MR) is 228 cm³/mol. The summed E-state index contributed by atoms with van der Waals surface area (Å²) in [5.74, 6) is -1.42. The Bertz CT molecular complexity index is 2650. The fourth-order valence-corrected chi connectivity index (χ4v) is 9.58. The summed E-state index contributed by atoms with van der Waals surface area (Å²) in [6.45, 7) is 11.8. The van der Waals surface area contributed by atoms with Gasteiger partial charge in [-0.3, -0.25) is 42.9 Å². The maximum absolute atomic E-state index is 16.0. The lowest BCUT2D eigenvalue weighted by atomic mass is 10.0. The molecule has 3 aliphatic rings. The Morgan fingerprint density at radius 1 is 1.06 bits per heavy atom. The number of aliphatic hydroxyl groups excluding tert-OH is 1. The van der Waals surface area contributed by atoms with Crippen molar-refractivity contribution in [3.05, 3.63) is 65.2 Å². The van der Waals surface area contributed by atoms with Gasteiger partial charge < -0.3 is 40.1 Å². The highest BCUT2D eigenvalue weighted by Gasteiger charge is 2.65. The third kappa shape index (κ3) is 8.65. The van der Waals surface area contributed by atoms with Crippen LogP contribution in [-0.4, -0.2) is 125 Å². The van der Waals surface area contributed by atoms with Crippen molar-refractivity contribution < 1.29 is 56.2 Å². The number of nitrogens with one attached hydrogen (secondary N) is 3. The Balaban J connectivity index is 0.00000612. The second kappa shape index (κ2) is 17.5. The number of anilines is 2. The van der Waals surface area contributed by atoms with E-state index in [1.807, 2.05) is 33.9 Å². The summed E-state index contributed by atoms with van der Waals surface area (Å²) in [4.78, 5) is 73.6. The highest BCUT2D eigenvalue weighted by molar-refractivity contribution is 7.47. The lowest BCUT2D eigenvalue weighted by Gasteiger charge is -2.40. The van der Waals surface area contributed by atoms with Crippen LogP contribution in [0.2, 0.25) is 18.1 Å². The standard InChI is InChI=1S/C38H48FN10O12PSi.H3N/c1-19(2)31(51)46-36-45-30-24(33(53)47-36)43-18-49(30)34-25(22(39)21(13-50)58-34)60-62(54,55)57-15-38-14-56-26(27(38)61-63(6,7)37(3,4)5)35(59-38)48-17-42-23-28(40-16-41-29(23)48)44-32(52)20-11-9-8-10-12-20;/h8-12,16-19,21-22,25-27,34-35,50H,13-15H2,1-7H3,(H,54,55)(H,40,41,44,52)(H2,45,46,47,51,53);1H3/t21-,22+,25-,26-,27+,34-,35-,38-;/m1./s1. The molecule has 8 N–H and O–H groups in total. The molecule has 0 spiro atoms. The fourth-order valence-electron chi connectivity index (χ4n) is 7.27. The van der Waals surface area contributed by atoms with Gasteiger partial charge in [0.1, 0.15) is 36.3 Å². The normalized spacial score (nSPS) is 26.6. The summed E-state index contributed by atoms with van der Waals surface area (Å²) >= 11 is 0. The number of halogens is 1. The summed E-state index contributed by atoms with van der Waals surface area (Å²) in [7, 11) is -7.90. The maximum Gasteiger partial charge on any atom is 0.472 e. The number of hydrogen-bond acceptors (Lipinski definition) is 17. The number of phosphoric ester groups is 1. The van der Waals surface area contributed by atoms with E-state index in [9.17, 15) is 28.9 Å². The van der Waals surface area contributed by atoms with E-state index in [1.54, 1.807) is 48.7 Å². The van der Waals surface area contributed by atoms with E-state index in [0.717, 1.165) is 10.9 Å². The number of benzene rings is 1. The summed E-state index contributed by atoms with van der Waals surface area (Å²) in [5.41, 5.74) is -1.72. The zero-order chi connectivity index (χ0) is 45.2. The second-order valence-electron chi connectivity index (χ2n) is 17.4. The van der Waals surface area contributed by atoms with Gasteiger partial charge in [-0.1, -0.05) is 52.8 Å². The van der Waals surface area contributed by atoms with E-state index in [-0.39, 0.29) is 51.9 Å². The highest BCUT2D eigenvalue weighted by Crippen LogP contribution is 2.55. The second-order valence-corrected chi connectivity index (χ2v) is 23.6. The van der Waals surface area contributed by atoms with Crippen molar-refractivity contribution in [2.24, 2.45) is 5.92 Å². The predicted octanol–water partition coefficient (Wildman–Crippen LogP) is 3.76. The number of aromatic amines is 1. The summed E-state index contributed by atoms with van der Waals surface area (Å²) in [5, 5.41) is 15.0. The SMILES string of the molecule is CC(C)C(=O)Nc1nc2c(ncn2[C@@H]2O[C@H](CO)[C@H](F)[C@H]2OP(=O)(O)OC[C@@]23CO[C@@H]([C@H](n4cnc5c(NC(=O)c6ccccc6)ncnc54)O2)[C@@H]3O[Si](C)(C)C(C)(C)C)c(=O)[nH]1.N. The van der Waals surface area contributed by atoms with Crippen LogP contribution in [0.3, 0.4) is 0 Å². The smallest absolute Gasteiger partial charge is 0.408 e. The molecule has 64 heavy (non-hydrogen) atoms. The Hall–Kier alpha value is -4.92. The van der Waals surface area contributed by atoms with E-state index in [1.165, 1.54) is 12.7 Å². The van der Waals surface area contributed by atoms with Crippen LogP contribution in [0.5, 0.6) is 0 Å². The van der Waals surface area contributed by atoms with Crippen molar-refractivity contribution in [3.8, 4) is 0 Å². The Kier molecular flexibility index (Phi) is 12.8. The minimum atomic E-state index is -5.27. The Labute approximate surface area is 365 Å². The molecule has 26 heteroatoms. The average molecular weight is 932 g/mol. The van der Waals surface area contributed by atoms with E-state index in [0.29, 0.717) is 5.56 Å². The van der Waals surface area contributed by atoms with E-state index >= 15 is 4.39 Å². The lowest BCUT2D eigenvalue weighted by Crippen LogP contribution is -2.53. The Morgan fingerprint density at radius 2 is 1.75 bits per heavy atom. The molecule has 8 rings (SSSR count). The molecule has 3 fully saturated rings. The largest absolute Gasteiger partial charge is 0.472 e. The number of carbonyl (C=O) groups is 2. The zero-order valence-electron chi connectivity index (χ0n) is 36.0. The molecule has 9 atom stereocenters. The van der Waals surface area contributed by atoms with Crippen LogP contribution in [0.25, 0.3) is 22.3 Å². The number of nitrogens with zero attached hydrogens (tertiary/aromatic N) is 7. The molecule has 3 saturated heterocycles. The quantitative estimate of drug-likeness (QED) is 0.0682. The number of H-pyrrole nitrogens is 1. The number of aromatic nitrogens is 8. The van der Waals surface area contributed by atoms with Gasteiger partial charge in [-0.25, -0.2) is 28.9 Å². The lowest BCUT2D eigenvalue weighted by molar-refractivity contribution is -0.184. The highest BCUT2D eigenvalue weighted by atomic mass is 31.2. The van der Waals surface area contributed by atoms with Crippen LogP contribution >= 0.6 is 7.82 Å². The van der Waals surface area contributed by atoms with Crippen LogP contribution in [0.1, 0.15) is 57.4 Å². The van der Waals surface area contributed by atoms with Crippen molar-refractivity contribution in [2.45, 2.75) is 101 Å². The molecule has 23 nitrogen and oxygen atoms in total. The number of phosphoric acid groups is 1. The number of rotatable bonds is 14. The molecule has 0 saturated carbocycles. The van der Waals surface area contributed by atoms with Gasteiger partial charge in [0.2, 0.25) is 11.9 Å². The first kappa shape index (κ1) is 47.1. The fraction of sp³-hybridized carbons (Fsp3) is 0.526. The number of imidazole rings is 2. The summed E-state index contributed by atoms with van der Waals surface area (Å²) in [6.07, 6.45) is -6.10. The summed E-state index contributed by atoms with van der Waals surface area (Å²) in [6, 6.07) is 8.57. The summed E-state index contributed by atoms with van der Waals surface area (Å²) < 4.78 is 69.5. The van der Waals surface area contributed by atoms with Crippen molar-refractivity contribution in [1.82, 2.24) is 45.2 Å². The molecule has 4 aromatic heterocycles. The molecule has 5 aromatic rings. The van der Waals surface area contributed by atoms with Gasteiger partial charge in [-0.05, 0) is 30.3 Å². The first-order valence-corrected chi connectivity index (χ1v) is 24.5. The molecule has 0 aliphatic carbocycles. The number of aliphatic hydroxyl groups is 1. The molecule has 346 valence electrons. The van der Waals surface area contributed by atoms with Crippen molar-refractivity contribution in [2.75, 3.05) is 30.5 Å². The molecule has 2 amide bonds. The van der Waals surface area contributed by atoms with Gasteiger partial charge in [-0.2, -0.15) is 4.98 Å². The van der Waals surface area contributed by atoms with E-state index in [4.69, 9.17) is 27.7 Å². The minimum absolute atomic E-state index is 0. The molecular weight excluding hydrogens is 881 g/mol. The number of amides is 2. The maximum atomic E-state index is 16.0. The first-order chi connectivity index (χ1) is 29.7. The number of ether oxygens (including phenoxy) is 3. The third-order valence-electron chi connectivity index (χ3n) is 11.7. The van der Waals surface area contributed by atoms with Gasteiger partial charge in [0, 0.05) is 11.5 Å². The number of fused-ring (bicyclic) bond motifs is 4. The molecule has 1 aromatic carbocycles. The molecule has 2 bridgehead atoms. The molecular formula is C38H51FN11O12PSi. The molecule has 7 heterocycles. The van der Waals surface area contributed by atoms with Gasteiger partial charge in [-0.15, -0.1) is 0 Å². The van der Waals surface area contributed by atoms with E-state index in [2.05, 4.69) is 40.5 Å². The topological polar surface area (TPSA) is 313 Å². The zero-order valence-corrected chi connectivity index (χ0v) is 37.9. The van der Waals surface area contributed by atoms with Crippen LogP contribution in [0.15, 0.2) is 54.1 Å². The molecule has 0 radical (unpaired) electrons. The van der Waals surface area contributed by atoms with E-state index < -0.39 is 101 Å². The third-order valence-corrected chi connectivity index (χ3v) is 17.2. The van der Waals surface area contributed by atoms with Gasteiger partial charge in [0.05, 0.1) is 32.5 Å². The van der Waals surface area contributed by atoms with Crippen molar-refractivity contribution in [3.63, 3.8) is 0 Å². The number of hydrogen-bond donors (Lipinski definition) is 6. The van der Waals surface area contributed by atoms with Gasteiger partial charge in [0.15, 0.2) is 55.1 Å². The Morgan fingerprint density at radius 3 is 2.42 bits per heavy atom. The van der Waals surface area contributed by atoms with Crippen molar-refractivity contribution >= 4 is 62.0 Å². The van der Waals surface area contributed by atoms with Crippen LogP contribution in [-0.2, 0) is 37.0 Å². The number of carbonyl (C=O) groups excluding carboxylic acids is 2. The number of alkyl halides is 1. The average Bonchev–Trinajstić information content (AvgIpc) is 4.05. The minimum Gasteiger partial charge on any atom is -0.408 e. The monoisotopic (exact) mass is 931 g/mol. The van der Waals surface area contributed by atoms with Gasteiger partial charge in [0.25, 0.3) is 11.5 Å². The molecule has 1 unspecified atom stereocenters. The first-order valence-electron chi connectivity index (χ1n) is 20.1. The van der Waals surface area contributed by atoms with Crippen LogP contribution in [0, 0.1) is 5.92 Å².